The van der Waals surface area contributed by atoms with E-state index in [4.69, 9.17) is 14.2 Å². The van der Waals surface area contributed by atoms with E-state index in [2.05, 4.69) is 44.2 Å². The summed E-state index contributed by atoms with van der Waals surface area (Å²) in [6.45, 7) is 15.6. The number of hydrogen-bond acceptors (Lipinski definition) is 7. The first-order valence-electron chi connectivity index (χ1n) is 11.2. The molecule has 8 nitrogen and oxygen atoms in total. The number of fused-ring (bicyclic) bond motifs is 1. The largest absolute Gasteiger partial charge is 0.519 e. The van der Waals surface area contributed by atoms with Gasteiger partial charge in [0, 0.05) is 10.5 Å². The minimum absolute atomic E-state index is 0.170. The smallest absolute Gasteiger partial charge is 0.444 e. The van der Waals surface area contributed by atoms with Crippen molar-refractivity contribution < 1.29 is 33.3 Å². The summed E-state index contributed by atoms with van der Waals surface area (Å²) in [7, 11) is 0. The van der Waals surface area contributed by atoms with Crippen molar-refractivity contribution >= 4 is 34.3 Å². The van der Waals surface area contributed by atoms with Crippen LogP contribution < -0.4 is 5.32 Å². The van der Waals surface area contributed by atoms with Crippen molar-refractivity contribution in [2.45, 2.75) is 104 Å². The maximum Gasteiger partial charge on any atom is 0.519 e. The van der Waals surface area contributed by atoms with Crippen molar-refractivity contribution in [3.05, 3.63) is 33.8 Å². The van der Waals surface area contributed by atoms with Crippen LogP contribution in [0, 0.1) is 0 Å². The first-order valence-corrected chi connectivity index (χ1v) is 12.0. The molecule has 0 saturated heterocycles. The van der Waals surface area contributed by atoms with E-state index in [1.165, 1.54) is 11.1 Å². The topological polar surface area (TPSA) is 100 Å². The molecule has 0 aliphatic heterocycles. The molecule has 0 aromatic heterocycles. The van der Waals surface area contributed by atoms with Crippen LogP contribution in [0.2, 0.25) is 0 Å². The summed E-state index contributed by atoms with van der Waals surface area (Å²) < 4.78 is 20.2. The van der Waals surface area contributed by atoms with Crippen molar-refractivity contribution in [3.63, 3.8) is 0 Å². The highest BCUT2D eigenvalue weighted by molar-refractivity contribution is 9.10. The number of carbonyl (C=O) groups excluding carboxylic acids is 3. The van der Waals surface area contributed by atoms with Crippen molar-refractivity contribution in [2.24, 2.45) is 0 Å². The normalized spacial score (nSPS) is 15.6. The zero-order valence-electron chi connectivity index (χ0n) is 21.7. The van der Waals surface area contributed by atoms with Gasteiger partial charge in [-0.05, 0) is 105 Å². The van der Waals surface area contributed by atoms with Gasteiger partial charge in [0.25, 0.3) is 0 Å². The molecular formula is C25H38BrNO7. The van der Waals surface area contributed by atoms with E-state index < -0.39 is 29.1 Å². The Kier molecular flexibility index (Phi) is 10.4. The highest BCUT2D eigenvalue weighted by atomic mass is 79.9. The summed E-state index contributed by atoms with van der Waals surface area (Å²) in [5, 5.41) is 2.96. The Morgan fingerprint density at radius 2 is 1.32 bits per heavy atom. The van der Waals surface area contributed by atoms with Gasteiger partial charge in [0.1, 0.15) is 16.8 Å². The van der Waals surface area contributed by atoms with Crippen LogP contribution in [0.1, 0.15) is 79.9 Å². The Bertz CT molecular complexity index is 837. The molecule has 1 aliphatic rings. The zero-order valence-corrected chi connectivity index (χ0v) is 23.3. The van der Waals surface area contributed by atoms with Gasteiger partial charge in [-0.15, -0.1) is 0 Å². The number of halogens is 1. The lowest BCUT2D eigenvalue weighted by molar-refractivity contribution is -0.0294. The minimum atomic E-state index is -1.06. The lowest BCUT2D eigenvalue weighted by atomic mass is 9.88. The lowest BCUT2D eigenvalue weighted by Gasteiger charge is -2.27. The molecule has 1 aromatic carbocycles. The molecule has 1 atom stereocenters. The van der Waals surface area contributed by atoms with Gasteiger partial charge >= 0.3 is 18.4 Å². The molecule has 192 valence electrons. The van der Waals surface area contributed by atoms with Gasteiger partial charge < -0.3 is 24.3 Å². The SMILES string of the molecule is CC(C)(C)OC(=O)NC1CCc2cc(Br)ccc2C1.CC(C)(C)OC(=O)OC(=O)OC(C)(C)C. The monoisotopic (exact) mass is 543 g/mol. The Morgan fingerprint density at radius 1 is 0.824 bits per heavy atom. The van der Waals surface area contributed by atoms with E-state index in [1.54, 1.807) is 41.5 Å². The molecular weight excluding hydrogens is 506 g/mol. The maximum atomic E-state index is 11.8. The minimum Gasteiger partial charge on any atom is -0.444 e. The molecule has 9 heteroatoms. The second-order valence-corrected chi connectivity index (χ2v) is 11.9. The van der Waals surface area contributed by atoms with E-state index in [9.17, 15) is 14.4 Å². The Labute approximate surface area is 211 Å². The number of alkyl carbamates (subject to hydrolysis) is 1. The molecule has 34 heavy (non-hydrogen) atoms. The van der Waals surface area contributed by atoms with E-state index in [0.717, 1.165) is 23.7 Å². The predicted octanol–water partition coefficient (Wildman–Crippen LogP) is 6.70. The van der Waals surface area contributed by atoms with Crippen LogP contribution in [0.3, 0.4) is 0 Å². The van der Waals surface area contributed by atoms with Gasteiger partial charge in [-0.25, -0.2) is 14.4 Å². The number of carbonyl (C=O) groups is 3. The number of nitrogens with one attached hydrogen (secondary N) is 1. The fraction of sp³-hybridized carbons (Fsp3) is 0.640. The summed E-state index contributed by atoms with van der Waals surface area (Å²) in [5.74, 6) is 0. The Balaban J connectivity index is 0.000000352. The van der Waals surface area contributed by atoms with Gasteiger partial charge in [-0.3, -0.25) is 0 Å². The van der Waals surface area contributed by atoms with Crippen LogP contribution in [0.5, 0.6) is 0 Å². The fourth-order valence-electron chi connectivity index (χ4n) is 2.93. The molecule has 0 radical (unpaired) electrons. The number of benzene rings is 1. The van der Waals surface area contributed by atoms with Gasteiger partial charge in [-0.2, -0.15) is 0 Å². The van der Waals surface area contributed by atoms with E-state index in [1.807, 2.05) is 20.8 Å². The molecule has 0 spiro atoms. The molecule has 0 bridgehead atoms. The van der Waals surface area contributed by atoms with Crippen molar-refractivity contribution in [1.82, 2.24) is 5.32 Å². The molecule has 1 amide bonds. The maximum absolute atomic E-state index is 11.8. The van der Waals surface area contributed by atoms with Gasteiger partial charge in [0.2, 0.25) is 0 Å². The molecule has 1 aromatic rings. The number of ether oxygens (including phenoxy) is 4. The average molecular weight is 544 g/mol. The Hall–Kier alpha value is -2.29. The number of amides is 1. The third-order valence-electron chi connectivity index (χ3n) is 4.06. The van der Waals surface area contributed by atoms with Crippen molar-refractivity contribution in [2.75, 3.05) is 0 Å². The molecule has 0 heterocycles. The number of hydrogen-bond donors (Lipinski definition) is 1. The third kappa shape index (κ3) is 13.4. The van der Waals surface area contributed by atoms with Crippen molar-refractivity contribution in [1.29, 1.82) is 0 Å². The van der Waals surface area contributed by atoms with Crippen LogP contribution in [0.4, 0.5) is 14.4 Å². The van der Waals surface area contributed by atoms with Gasteiger partial charge in [0.15, 0.2) is 0 Å². The van der Waals surface area contributed by atoms with E-state index in [0.29, 0.717) is 0 Å². The first-order chi connectivity index (χ1) is 15.3. The number of aryl methyl sites for hydroxylation is 1. The average Bonchev–Trinajstić information content (AvgIpc) is 2.57. The van der Waals surface area contributed by atoms with E-state index >= 15 is 0 Å². The molecule has 1 aliphatic carbocycles. The van der Waals surface area contributed by atoms with E-state index in [-0.39, 0.29) is 12.1 Å². The second-order valence-electron chi connectivity index (χ2n) is 11.0. The molecule has 1 unspecified atom stereocenters. The van der Waals surface area contributed by atoms with Crippen LogP contribution in [0.25, 0.3) is 0 Å². The first kappa shape index (κ1) is 29.7. The van der Waals surface area contributed by atoms with Crippen LogP contribution in [0.15, 0.2) is 22.7 Å². The standard InChI is InChI=1S/C15H20BrNO2.C10H18O5/c1-15(2,3)19-14(18)17-13-7-5-10-8-12(16)6-4-11(10)9-13;1-9(2,3)14-7(11)13-8(12)15-10(4,5)6/h4,6,8,13H,5,7,9H2,1-3H3,(H,17,18);1-6H3. The summed E-state index contributed by atoms with van der Waals surface area (Å²) in [6.07, 6.45) is 0.395. The predicted molar refractivity (Wildman–Crippen MR) is 133 cm³/mol. The van der Waals surface area contributed by atoms with Crippen LogP contribution >= 0.6 is 15.9 Å². The highest BCUT2D eigenvalue weighted by Gasteiger charge is 2.25. The third-order valence-corrected chi connectivity index (χ3v) is 4.56. The number of rotatable bonds is 1. The Morgan fingerprint density at radius 3 is 1.79 bits per heavy atom. The summed E-state index contributed by atoms with van der Waals surface area (Å²) in [5.41, 5.74) is 0.854. The second kappa shape index (κ2) is 11.9. The lowest BCUT2D eigenvalue weighted by Crippen LogP contribution is -2.41. The van der Waals surface area contributed by atoms with Crippen LogP contribution in [-0.2, 0) is 31.8 Å². The quantitative estimate of drug-likeness (QED) is 0.238. The summed E-state index contributed by atoms with van der Waals surface area (Å²) in [4.78, 5) is 33.8. The molecule has 0 fully saturated rings. The van der Waals surface area contributed by atoms with Gasteiger partial charge in [-0.1, -0.05) is 22.0 Å². The highest BCUT2D eigenvalue weighted by Crippen LogP contribution is 2.25. The summed E-state index contributed by atoms with van der Waals surface area (Å²) in [6, 6.07) is 6.51. The molecule has 1 N–H and O–H groups in total. The van der Waals surface area contributed by atoms with Crippen LogP contribution in [-0.4, -0.2) is 41.2 Å². The fourth-order valence-corrected chi connectivity index (χ4v) is 3.34. The molecule has 0 saturated carbocycles. The van der Waals surface area contributed by atoms with Gasteiger partial charge in [0.05, 0.1) is 0 Å². The van der Waals surface area contributed by atoms with Crippen molar-refractivity contribution in [3.8, 4) is 0 Å². The zero-order chi connectivity index (χ0) is 26.3. The summed E-state index contributed by atoms with van der Waals surface area (Å²) >= 11 is 3.49. The molecule has 2 rings (SSSR count).